The SMILES string of the molecule is CC(C)(C)c1ccc(N2c3cc4c(cc3B3c5c2cc2c(oc6ccccc62)c5-c2cccc5c2N3c2ccccc2C52c3ccccc3-c3ccccc32)Oc2ccccc2O4)c(-c2ccccc2)c1. The van der Waals surface area contributed by atoms with Gasteiger partial charge in [-0.05, 0) is 109 Å². The summed E-state index contributed by atoms with van der Waals surface area (Å²) in [5.41, 5.74) is 22.4. The average molecular weight is 911 g/mol. The van der Waals surface area contributed by atoms with E-state index < -0.39 is 5.41 Å². The van der Waals surface area contributed by atoms with E-state index in [0.29, 0.717) is 23.0 Å². The molecule has 5 aliphatic rings. The normalized spacial score (nSPS) is 14.7. The van der Waals surface area contributed by atoms with Crippen LogP contribution in [0, 0.1) is 0 Å². The minimum atomic E-state index is -0.590. The molecule has 6 heteroatoms. The molecular formula is C65H43BN2O3. The number of benzene rings is 10. The van der Waals surface area contributed by atoms with Crippen molar-refractivity contribution in [2.45, 2.75) is 31.6 Å². The summed E-state index contributed by atoms with van der Waals surface area (Å²) in [6.45, 7) is 6.57. The number of furan rings is 1. The first-order valence-corrected chi connectivity index (χ1v) is 24.7. The van der Waals surface area contributed by atoms with E-state index in [-0.39, 0.29) is 12.3 Å². The maximum Gasteiger partial charge on any atom is 0.333 e. The third-order valence-electron chi connectivity index (χ3n) is 16.0. The van der Waals surface area contributed by atoms with Gasteiger partial charge < -0.3 is 23.6 Å². The summed E-state index contributed by atoms with van der Waals surface area (Å²) in [5, 5.41) is 2.16. The molecule has 1 aliphatic carbocycles. The van der Waals surface area contributed by atoms with Crippen LogP contribution < -0.4 is 30.1 Å². The van der Waals surface area contributed by atoms with Gasteiger partial charge in [0, 0.05) is 56.3 Å². The van der Waals surface area contributed by atoms with Crippen LogP contribution in [0.1, 0.15) is 48.6 Å². The van der Waals surface area contributed by atoms with E-state index in [4.69, 9.17) is 13.9 Å². The standard InChI is InChI=1S/C65H43BN2O3/c1-64(2,3)39-32-33-51(44(34-39)38-18-5-4-6-19-38)67-53-37-59-58(69-56-30-15-16-31-57(56)70-59)36-50(53)66-61-54(67)35-45-42-22-9-14-29-55(42)71-63(45)60(61)43-23-17-27-49-62(43)68(66)52-28-13-12-26-48(52)65(49)46-24-10-7-20-40(46)41-21-8-11-25-47(41)65/h4-37H,1-3H3. The fourth-order valence-electron chi connectivity index (χ4n) is 13.1. The molecule has 0 fully saturated rings. The molecule has 334 valence electrons. The molecule has 5 heterocycles. The molecule has 0 atom stereocenters. The lowest BCUT2D eigenvalue weighted by Gasteiger charge is -2.52. The Bertz CT molecular complexity index is 4100. The zero-order chi connectivity index (χ0) is 46.9. The van der Waals surface area contributed by atoms with Crippen molar-refractivity contribution >= 4 is 68.1 Å². The number of anilines is 5. The van der Waals surface area contributed by atoms with Crippen molar-refractivity contribution in [3.63, 3.8) is 0 Å². The lowest BCUT2D eigenvalue weighted by atomic mass is 9.42. The molecule has 5 nitrogen and oxygen atoms in total. The lowest BCUT2D eigenvalue weighted by Crippen LogP contribution is -2.63. The van der Waals surface area contributed by atoms with Gasteiger partial charge in [-0.15, -0.1) is 0 Å². The molecule has 0 amide bonds. The highest BCUT2D eigenvalue weighted by atomic mass is 16.6. The molecule has 71 heavy (non-hydrogen) atoms. The number of hydrogen-bond acceptors (Lipinski definition) is 5. The number of nitrogens with zero attached hydrogens (tertiary/aromatic N) is 2. The largest absolute Gasteiger partial charge is 0.455 e. The van der Waals surface area contributed by atoms with Crippen molar-refractivity contribution in [1.29, 1.82) is 0 Å². The molecule has 0 unspecified atom stereocenters. The topological polar surface area (TPSA) is 38.1 Å². The predicted molar refractivity (Wildman–Crippen MR) is 289 cm³/mol. The third-order valence-corrected chi connectivity index (χ3v) is 16.0. The highest BCUT2D eigenvalue weighted by Crippen LogP contribution is 2.65. The van der Waals surface area contributed by atoms with Crippen LogP contribution in [0.25, 0.3) is 55.3 Å². The van der Waals surface area contributed by atoms with Gasteiger partial charge in [-0.2, -0.15) is 0 Å². The van der Waals surface area contributed by atoms with Gasteiger partial charge in [0.1, 0.15) is 11.2 Å². The maximum absolute atomic E-state index is 7.23. The summed E-state index contributed by atoms with van der Waals surface area (Å²) in [6, 6.07) is 75.6. The average Bonchev–Trinajstić information content (AvgIpc) is 3.93. The van der Waals surface area contributed by atoms with Gasteiger partial charge in [-0.3, -0.25) is 0 Å². The summed E-state index contributed by atoms with van der Waals surface area (Å²) in [7, 11) is 0. The quantitative estimate of drug-likeness (QED) is 0.162. The second-order valence-corrected chi connectivity index (χ2v) is 20.7. The monoisotopic (exact) mass is 910 g/mol. The van der Waals surface area contributed by atoms with E-state index in [2.05, 4.69) is 212 Å². The van der Waals surface area contributed by atoms with Crippen LogP contribution in [0.4, 0.5) is 28.4 Å². The summed E-state index contributed by atoms with van der Waals surface area (Å²) in [5.74, 6) is 2.75. The molecule has 11 aromatic rings. The van der Waals surface area contributed by atoms with E-state index in [1.807, 2.05) is 24.3 Å². The number of para-hydroxylation sites is 5. The third kappa shape index (κ3) is 5.01. The van der Waals surface area contributed by atoms with Gasteiger partial charge in [0.25, 0.3) is 0 Å². The Kier molecular flexibility index (Phi) is 7.57. The van der Waals surface area contributed by atoms with Crippen molar-refractivity contribution < 1.29 is 13.9 Å². The second-order valence-electron chi connectivity index (χ2n) is 20.7. The van der Waals surface area contributed by atoms with Crippen molar-refractivity contribution in [3.05, 3.63) is 234 Å². The molecular weight excluding hydrogens is 868 g/mol. The molecule has 16 rings (SSSR count). The minimum Gasteiger partial charge on any atom is -0.455 e. The summed E-state index contributed by atoms with van der Waals surface area (Å²) >= 11 is 0. The van der Waals surface area contributed by atoms with Crippen molar-refractivity contribution in [2.24, 2.45) is 0 Å². The lowest BCUT2D eigenvalue weighted by molar-refractivity contribution is 0.360. The highest BCUT2D eigenvalue weighted by Gasteiger charge is 2.57. The van der Waals surface area contributed by atoms with Crippen molar-refractivity contribution in [3.8, 4) is 56.4 Å². The van der Waals surface area contributed by atoms with E-state index in [9.17, 15) is 0 Å². The first kappa shape index (κ1) is 39.1. The summed E-state index contributed by atoms with van der Waals surface area (Å²) in [4.78, 5) is 5.18. The number of hydrogen-bond donors (Lipinski definition) is 0. The van der Waals surface area contributed by atoms with Crippen LogP contribution in [0.3, 0.4) is 0 Å². The number of ether oxygens (including phenoxy) is 2. The molecule has 0 bridgehead atoms. The van der Waals surface area contributed by atoms with Crippen LogP contribution in [-0.4, -0.2) is 6.85 Å². The smallest absolute Gasteiger partial charge is 0.333 e. The Labute approximate surface area is 411 Å². The second kappa shape index (κ2) is 13.7. The van der Waals surface area contributed by atoms with Crippen LogP contribution in [0.5, 0.6) is 23.0 Å². The minimum absolute atomic E-state index is 0.0842. The fourth-order valence-corrected chi connectivity index (χ4v) is 13.1. The van der Waals surface area contributed by atoms with Crippen LogP contribution >= 0.6 is 0 Å². The number of rotatable bonds is 2. The summed E-state index contributed by atoms with van der Waals surface area (Å²) < 4.78 is 21.0. The maximum atomic E-state index is 7.23. The number of fused-ring (bicyclic) bond motifs is 19. The van der Waals surface area contributed by atoms with Crippen molar-refractivity contribution in [2.75, 3.05) is 9.71 Å². The van der Waals surface area contributed by atoms with Gasteiger partial charge in [0.15, 0.2) is 23.0 Å². The Balaban J connectivity index is 1.08. The van der Waals surface area contributed by atoms with Gasteiger partial charge >= 0.3 is 6.85 Å². The van der Waals surface area contributed by atoms with Crippen LogP contribution in [0.2, 0.25) is 0 Å². The molecule has 1 aromatic heterocycles. The van der Waals surface area contributed by atoms with Gasteiger partial charge in [0.2, 0.25) is 0 Å². The van der Waals surface area contributed by atoms with Gasteiger partial charge in [-0.1, -0.05) is 172 Å². The predicted octanol–water partition coefficient (Wildman–Crippen LogP) is 15.8. The molecule has 0 saturated carbocycles. The van der Waals surface area contributed by atoms with E-state index >= 15 is 0 Å². The zero-order valence-corrected chi connectivity index (χ0v) is 39.3. The van der Waals surface area contributed by atoms with Crippen LogP contribution in [0.15, 0.2) is 211 Å². The first-order chi connectivity index (χ1) is 34.9. The van der Waals surface area contributed by atoms with E-state index in [1.54, 1.807) is 0 Å². The first-order valence-electron chi connectivity index (χ1n) is 24.7. The molecule has 0 N–H and O–H groups in total. The zero-order valence-electron chi connectivity index (χ0n) is 39.3. The van der Waals surface area contributed by atoms with Gasteiger partial charge in [0.05, 0.1) is 11.1 Å². The molecule has 0 radical (unpaired) electrons. The Morgan fingerprint density at radius 2 is 1.08 bits per heavy atom. The summed E-state index contributed by atoms with van der Waals surface area (Å²) in [6.07, 6.45) is 0. The van der Waals surface area contributed by atoms with E-state index in [1.165, 1.54) is 55.8 Å². The Morgan fingerprint density at radius 1 is 0.451 bits per heavy atom. The Morgan fingerprint density at radius 3 is 1.85 bits per heavy atom. The highest BCUT2D eigenvalue weighted by molar-refractivity contribution is 6.94. The Hall–Kier alpha value is -8.74. The molecule has 1 spiro atoms. The van der Waals surface area contributed by atoms with Crippen LogP contribution in [-0.2, 0) is 10.8 Å². The fraction of sp³-hybridized carbons (Fsp3) is 0.0769. The van der Waals surface area contributed by atoms with Crippen molar-refractivity contribution in [1.82, 2.24) is 0 Å². The van der Waals surface area contributed by atoms with Gasteiger partial charge in [-0.25, -0.2) is 0 Å². The molecule has 0 saturated heterocycles. The molecule has 4 aliphatic heterocycles. The van der Waals surface area contributed by atoms with E-state index in [0.717, 1.165) is 66.7 Å². The molecule has 10 aromatic carbocycles.